The lowest BCUT2D eigenvalue weighted by Gasteiger charge is -2.10. The summed E-state index contributed by atoms with van der Waals surface area (Å²) < 4.78 is 12.9. The number of fused-ring (bicyclic) bond motifs is 1. The number of nitrogens with zero attached hydrogens (tertiary/aromatic N) is 2. The summed E-state index contributed by atoms with van der Waals surface area (Å²) in [6.07, 6.45) is 3.32. The Morgan fingerprint density at radius 2 is 1.96 bits per heavy atom. The largest absolute Gasteiger partial charge is 0.454 e. The summed E-state index contributed by atoms with van der Waals surface area (Å²) in [5.41, 5.74) is 3.84. The van der Waals surface area contributed by atoms with E-state index in [1.54, 1.807) is 12.2 Å². The van der Waals surface area contributed by atoms with Crippen LogP contribution in [-0.2, 0) is 4.79 Å². The van der Waals surface area contributed by atoms with Crippen LogP contribution < -0.4 is 9.47 Å². The van der Waals surface area contributed by atoms with Gasteiger partial charge >= 0.3 is 0 Å². The summed E-state index contributed by atoms with van der Waals surface area (Å²) in [5.74, 6) is 1.17. The molecule has 3 heterocycles. The molecular formula is C20H18N2O4S. The molecule has 2 aliphatic rings. The molecule has 0 atom stereocenters. The molecule has 0 bridgehead atoms. The van der Waals surface area contributed by atoms with Gasteiger partial charge in [0, 0.05) is 29.7 Å². The molecule has 0 spiro atoms. The second kappa shape index (κ2) is 6.66. The smallest absolute Gasteiger partial charge is 0.293 e. The molecule has 0 unspecified atom stereocenters. The predicted molar refractivity (Wildman–Crippen MR) is 104 cm³/mol. The second-order valence-electron chi connectivity index (χ2n) is 6.28. The van der Waals surface area contributed by atoms with E-state index >= 15 is 0 Å². The van der Waals surface area contributed by atoms with Crippen molar-refractivity contribution in [2.45, 2.75) is 13.8 Å². The van der Waals surface area contributed by atoms with Crippen molar-refractivity contribution in [2.75, 3.05) is 13.3 Å². The number of hydrogen-bond donors (Lipinski definition) is 0. The van der Waals surface area contributed by atoms with Crippen LogP contribution in [0.25, 0.3) is 11.8 Å². The molecule has 0 saturated carbocycles. The van der Waals surface area contributed by atoms with Gasteiger partial charge in [0.1, 0.15) is 0 Å². The van der Waals surface area contributed by atoms with E-state index in [9.17, 15) is 9.59 Å². The molecule has 7 heteroatoms. The number of amides is 2. The van der Waals surface area contributed by atoms with Gasteiger partial charge in [0.15, 0.2) is 11.5 Å². The first-order chi connectivity index (χ1) is 13.0. The maximum absolute atomic E-state index is 12.4. The van der Waals surface area contributed by atoms with Gasteiger partial charge in [-0.2, -0.15) is 0 Å². The van der Waals surface area contributed by atoms with Crippen LogP contribution in [0.2, 0.25) is 0 Å². The fraction of sp³-hybridized carbons (Fsp3) is 0.200. The van der Waals surface area contributed by atoms with Gasteiger partial charge in [-0.25, -0.2) is 0 Å². The molecule has 1 fully saturated rings. The Bertz CT molecular complexity index is 1010. The van der Waals surface area contributed by atoms with E-state index in [1.807, 2.05) is 38.1 Å². The fourth-order valence-corrected chi connectivity index (χ4v) is 4.12. The number of carbonyl (C=O) groups excluding carboxylic acids is 2. The summed E-state index contributed by atoms with van der Waals surface area (Å²) >= 11 is 0.957. The van der Waals surface area contributed by atoms with Crippen molar-refractivity contribution in [3.05, 3.63) is 58.8 Å². The lowest BCUT2D eigenvalue weighted by molar-refractivity contribution is -0.122. The highest BCUT2D eigenvalue weighted by Gasteiger charge is 2.34. The van der Waals surface area contributed by atoms with Crippen LogP contribution in [0.1, 0.15) is 17.0 Å². The molecule has 6 nitrogen and oxygen atoms in total. The van der Waals surface area contributed by atoms with Crippen LogP contribution >= 0.6 is 11.8 Å². The number of aryl methyl sites for hydroxylation is 1. The molecule has 2 aromatic rings. The van der Waals surface area contributed by atoms with E-state index in [1.165, 1.54) is 4.90 Å². The van der Waals surface area contributed by atoms with E-state index in [2.05, 4.69) is 11.1 Å². The van der Waals surface area contributed by atoms with Gasteiger partial charge in [-0.1, -0.05) is 6.08 Å². The quantitative estimate of drug-likeness (QED) is 0.590. The highest BCUT2D eigenvalue weighted by Crippen LogP contribution is 2.36. The SMILES string of the molecule is C=CCN1C(=O)S/C(=C/c2cc(C)n(-c3ccc4c(c3)OCO4)c2C)C1=O. The van der Waals surface area contributed by atoms with Crippen molar-refractivity contribution in [2.24, 2.45) is 0 Å². The first-order valence-electron chi connectivity index (χ1n) is 8.45. The number of hydrogen-bond acceptors (Lipinski definition) is 5. The number of benzene rings is 1. The Labute approximate surface area is 161 Å². The highest BCUT2D eigenvalue weighted by atomic mass is 32.2. The van der Waals surface area contributed by atoms with Gasteiger partial charge < -0.3 is 14.0 Å². The van der Waals surface area contributed by atoms with Crippen LogP contribution in [0.5, 0.6) is 11.5 Å². The summed E-state index contributed by atoms with van der Waals surface area (Å²) in [6.45, 7) is 8.02. The molecule has 0 aliphatic carbocycles. The van der Waals surface area contributed by atoms with E-state index in [4.69, 9.17) is 9.47 Å². The zero-order chi connectivity index (χ0) is 19.1. The Balaban J connectivity index is 1.71. The maximum atomic E-state index is 12.4. The van der Waals surface area contributed by atoms with Crippen LogP contribution in [0.15, 0.2) is 41.8 Å². The molecule has 4 rings (SSSR count). The van der Waals surface area contributed by atoms with Crippen LogP contribution in [0.4, 0.5) is 4.79 Å². The minimum atomic E-state index is -0.280. The third kappa shape index (κ3) is 2.94. The number of ether oxygens (including phenoxy) is 2. The standard InChI is InChI=1S/C20H18N2O4S/c1-4-7-21-19(23)18(27-20(21)24)9-14-8-12(2)22(13(14)3)15-5-6-16-17(10-15)26-11-25-16/h4-6,8-10H,1,7,11H2,2-3H3/b18-9+. The number of imide groups is 1. The predicted octanol–water partition coefficient (Wildman–Crippen LogP) is 4.05. The molecule has 0 radical (unpaired) electrons. The summed E-state index contributed by atoms with van der Waals surface area (Å²) in [5, 5.41) is -0.268. The van der Waals surface area contributed by atoms with E-state index < -0.39 is 0 Å². The van der Waals surface area contributed by atoms with Crippen LogP contribution in [0.3, 0.4) is 0 Å². The Hall–Kier alpha value is -2.93. The summed E-state index contributed by atoms with van der Waals surface area (Å²) in [4.78, 5) is 26.1. The molecule has 27 heavy (non-hydrogen) atoms. The van der Waals surface area contributed by atoms with Crippen molar-refractivity contribution in [1.82, 2.24) is 9.47 Å². The van der Waals surface area contributed by atoms with Gasteiger partial charge in [0.05, 0.1) is 4.91 Å². The topological polar surface area (TPSA) is 60.8 Å². The van der Waals surface area contributed by atoms with Crippen LogP contribution in [-0.4, -0.2) is 34.0 Å². The number of thioether (sulfide) groups is 1. The normalized spacial score (nSPS) is 17.3. The molecule has 1 aromatic heterocycles. The average molecular weight is 382 g/mol. The number of aromatic nitrogens is 1. The van der Waals surface area contributed by atoms with E-state index in [0.717, 1.165) is 40.2 Å². The first kappa shape index (κ1) is 17.5. The molecule has 1 saturated heterocycles. The lowest BCUT2D eigenvalue weighted by Crippen LogP contribution is -2.27. The Morgan fingerprint density at radius 3 is 2.74 bits per heavy atom. The highest BCUT2D eigenvalue weighted by molar-refractivity contribution is 8.18. The van der Waals surface area contributed by atoms with Gasteiger partial charge in [0.2, 0.25) is 6.79 Å². The second-order valence-corrected chi connectivity index (χ2v) is 7.27. The van der Waals surface area contributed by atoms with Crippen molar-refractivity contribution in [1.29, 1.82) is 0 Å². The fourth-order valence-electron chi connectivity index (χ4n) is 3.28. The average Bonchev–Trinajstić information content (AvgIpc) is 3.28. The van der Waals surface area contributed by atoms with E-state index in [-0.39, 0.29) is 24.5 Å². The molecule has 2 aliphatic heterocycles. The van der Waals surface area contributed by atoms with Crippen molar-refractivity contribution in [3.8, 4) is 17.2 Å². The Morgan fingerprint density at radius 1 is 1.19 bits per heavy atom. The number of carbonyl (C=O) groups is 2. The lowest BCUT2D eigenvalue weighted by atomic mass is 10.2. The van der Waals surface area contributed by atoms with Gasteiger partial charge in [0.25, 0.3) is 11.1 Å². The summed E-state index contributed by atoms with van der Waals surface area (Å²) in [6, 6.07) is 7.79. The summed E-state index contributed by atoms with van der Waals surface area (Å²) in [7, 11) is 0. The van der Waals surface area contributed by atoms with Crippen molar-refractivity contribution in [3.63, 3.8) is 0 Å². The van der Waals surface area contributed by atoms with E-state index in [0.29, 0.717) is 10.7 Å². The zero-order valence-electron chi connectivity index (χ0n) is 15.0. The zero-order valence-corrected chi connectivity index (χ0v) is 15.8. The van der Waals surface area contributed by atoms with Crippen LogP contribution in [0, 0.1) is 13.8 Å². The molecular weight excluding hydrogens is 364 g/mol. The van der Waals surface area contributed by atoms with Gasteiger partial charge in [-0.15, -0.1) is 6.58 Å². The third-order valence-electron chi connectivity index (χ3n) is 4.56. The molecule has 2 amide bonds. The Kier molecular flexibility index (Phi) is 4.31. The molecule has 138 valence electrons. The van der Waals surface area contributed by atoms with Gasteiger partial charge in [-0.05, 0) is 55.4 Å². The molecule has 1 aromatic carbocycles. The molecule has 0 N–H and O–H groups in total. The van der Waals surface area contributed by atoms with Crippen molar-refractivity contribution < 1.29 is 19.1 Å². The first-order valence-corrected chi connectivity index (χ1v) is 9.26. The van der Waals surface area contributed by atoms with Crippen molar-refractivity contribution >= 4 is 29.0 Å². The monoisotopic (exact) mass is 382 g/mol. The minimum absolute atomic E-state index is 0.220. The minimum Gasteiger partial charge on any atom is -0.454 e. The number of rotatable bonds is 4. The van der Waals surface area contributed by atoms with Gasteiger partial charge in [-0.3, -0.25) is 14.5 Å². The third-order valence-corrected chi connectivity index (χ3v) is 5.46. The maximum Gasteiger partial charge on any atom is 0.293 e.